The van der Waals surface area contributed by atoms with E-state index in [1.54, 1.807) is 0 Å². The van der Waals surface area contributed by atoms with Crippen LogP contribution in [0.4, 0.5) is 0 Å². The summed E-state index contributed by atoms with van der Waals surface area (Å²) in [4.78, 5) is 29.1. The van der Waals surface area contributed by atoms with Gasteiger partial charge in [0.15, 0.2) is 0 Å². The van der Waals surface area contributed by atoms with E-state index in [1.807, 2.05) is 16.7 Å². The molecule has 0 radical (unpaired) electrons. The molecule has 3 aliphatic rings. The summed E-state index contributed by atoms with van der Waals surface area (Å²) in [6.07, 6.45) is 2.49. The smallest absolute Gasteiger partial charge is 0.245 e. The van der Waals surface area contributed by atoms with Crippen LogP contribution in [0.1, 0.15) is 26.2 Å². The normalized spacial score (nSPS) is 33.5. The summed E-state index contributed by atoms with van der Waals surface area (Å²) >= 11 is 0. The van der Waals surface area contributed by atoms with Crippen LogP contribution in [0.3, 0.4) is 0 Å². The number of rotatable bonds is 2. The number of hydrogen-bond acceptors (Lipinski definition) is 4. The van der Waals surface area contributed by atoms with Gasteiger partial charge in [0.2, 0.25) is 11.8 Å². The van der Waals surface area contributed by atoms with Gasteiger partial charge in [0.25, 0.3) is 0 Å². The number of carbonyl (C=O) groups excluding carboxylic acids is 2. The highest BCUT2D eigenvalue weighted by molar-refractivity contribution is 5.89. The van der Waals surface area contributed by atoms with Crippen LogP contribution in [0.25, 0.3) is 0 Å². The molecule has 6 heteroatoms. The summed E-state index contributed by atoms with van der Waals surface area (Å²) in [7, 11) is 0. The summed E-state index contributed by atoms with van der Waals surface area (Å²) in [5.74, 6) is 0.182. The van der Waals surface area contributed by atoms with Gasteiger partial charge in [-0.1, -0.05) is 0 Å². The van der Waals surface area contributed by atoms with Gasteiger partial charge in [-0.25, -0.2) is 0 Å². The average Bonchev–Trinajstić information content (AvgIpc) is 3.15. The third-order valence-corrected chi connectivity index (χ3v) is 4.94. The second-order valence-corrected chi connectivity index (χ2v) is 6.24. The first kappa shape index (κ1) is 14.8. The van der Waals surface area contributed by atoms with Crippen LogP contribution in [0.15, 0.2) is 0 Å². The van der Waals surface area contributed by atoms with Gasteiger partial charge in [0, 0.05) is 39.3 Å². The first-order valence-electron chi connectivity index (χ1n) is 8.10. The minimum Gasteiger partial charge on any atom is -0.378 e. The van der Waals surface area contributed by atoms with Gasteiger partial charge >= 0.3 is 0 Å². The molecule has 118 valence electrons. The molecule has 3 unspecified atom stereocenters. The van der Waals surface area contributed by atoms with E-state index in [1.165, 1.54) is 0 Å². The van der Waals surface area contributed by atoms with E-state index in [2.05, 4.69) is 5.32 Å². The molecule has 2 amide bonds. The van der Waals surface area contributed by atoms with Crippen molar-refractivity contribution in [3.63, 3.8) is 0 Å². The minimum absolute atomic E-state index is 0.0203. The summed E-state index contributed by atoms with van der Waals surface area (Å²) in [6, 6.07) is -0.247. The Hall–Kier alpha value is -1.14. The Kier molecular flexibility index (Phi) is 4.45. The fraction of sp³-hybridized carbons (Fsp3) is 0.867. The molecule has 0 aromatic carbocycles. The van der Waals surface area contributed by atoms with E-state index in [9.17, 15) is 9.59 Å². The quantitative estimate of drug-likeness (QED) is 0.768. The molecule has 6 nitrogen and oxygen atoms in total. The lowest BCUT2D eigenvalue weighted by molar-refractivity contribution is -0.147. The Morgan fingerprint density at radius 1 is 1.10 bits per heavy atom. The Morgan fingerprint density at radius 3 is 2.52 bits per heavy atom. The molecule has 0 spiro atoms. The van der Waals surface area contributed by atoms with E-state index < -0.39 is 0 Å². The fourth-order valence-corrected chi connectivity index (χ4v) is 3.65. The number of carbonyl (C=O) groups is 2. The Balaban J connectivity index is 1.67. The van der Waals surface area contributed by atoms with E-state index >= 15 is 0 Å². The molecule has 3 aliphatic heterocycles. The highest BCUT2D eigenvalue weighted by Gasteiger charge is 2.41. The van der Waals surface area contributed by atoms with Crippen LogP contribution in [0.2, 0.25) is 0 Å². The zero-order valence-corrected chi connectivity index (χ0v) is 12.7. The minimum atomic E-state index is -0.247. The molecular weight excluding hydrogens is 270 g/mol. The molecule has 0 aromatic rings. The average molecular weight is 295 g/mol. The van der Waals surface area contributed by atoms with Crippen molar-refractivity contribution in [1.29, 1.82) is 0 Å². The first-order chi connectivity index (χ1) is 10.2. The van der Waals surface area contributed by atoms with Gasteiger partial charge in [0.1, 0.15) is 6.04 Å². The van der Waals surface area contributed by atoms with Crippen molar-refractivity contribution in [2.24, 2.45) is 5.92 Å². The molecule has 3 rings (SSSR count). The largest absolute Gasteiger partial charge is 0.378 e. The predicted octanol–water partition coefficient (Wildman–Crippen LogP) is -0.166. The van der Waals surface area contributed by atoms with Crippen molar-refractivity contribution < 1.29 is 14.3 Å². The van der Waals surface area contributed by atoms with Gasteiger partial charge in [-0.3, -0.25) is 9.59 Å². The van der Waals surface area contributed by atoms with Crippen molar-refractivity contribution in [3.05, 3.63) is 0 Å². The summed E-state index contributed by atoms with van der Waals surface area (Å²) in [5.41, 5.74) is 0. The van der Waals surface area contributed by atoms with Crippen LogP contribution in [-0.2, 0) is 14.3 Å². The van der Waals surface area contributed by atoms with Gasteiger partial charge in [0.05, 0.1) is 12.0 Å². The van der Waals surface area contributed by atoms with Crippen LogP contribution in [0.5, 0.6) is 0 Å². The molecule has 1 N–H and O–H groups in total. The lowest BCUT2D eigenvalue weighted by Gasteiger charge is -2.34. The van der Waals surface area contributed by atoms with Gasteiger partial charge in [-0.2, -0.15) is 0 Å². The topological polar surface area (TPSA) is 61.9 Å². The Morgan fingerprint density at radius 2 is 1.86 bits per heavy atom. The van der Waals surface area contributed by atoms with Crippen molar-refractivity contribution in [2.45, 2.75) is 38.3 Å². The molecule has 0 aromatic heterocycles. The fourth-order valence-electron chi connectivity index (χ4n) is 3.65. The monoisotopic (exact) mass is 295 g/mol. The van der Waals surface area contributed by atoms with Gasteiger partial charge in [-0.15, -0.1) is 0 Å². The van der Waals surface area contributed by atoms with Crippen molar-refractivity contribution in [2.75, 3.05) is 39.3 Å². The lowest BCUT2D eigenvalue weighted by atomic mass is 10.0. The third-order valence-electron chi connectivity index (χ3n) is 4.94. The predicted molar refractivity (Wildman–Crippen MR) is 77.7 cm³/mol. The summed E-state index contributed by atoms with van der Waals surface area (Å²) in [6.45, 7) is 6.52. The van der Waals surface area contributed by atoms with E-state index in [-0.39, 0.29) is 29.9 Å². The maximum Gasteiger partial charge on any atom is 0.245 e. The molecule has 3 saturated heterocycles. The number of ether oxygens (including phenoxy) is 1. The first-order valence-corrected chi connectivity index (χ1v) is 8.10. The van der Waals surface area contributed by atoms with Crippen LogP contribution in [-0.4, -0.2) is 73.1 Å². The maximum absolute atomic E-state index is 12.7. The Labute approximate surface area is 125 Å². The zero-order chi connectivity index (χ0) is 14.8. The molecule has 21 heavy (non-hydrogen) atoms. The summed E-state index contributed by atoms with van der Waals surface area (Å²) < 4.78 is 5.51. The van der Waals surface area contributed by atoms with Crippen molar-refractivity contribution in [1.82, 2.24) is 15.1 Å². The summed E-state index contributed by atoms with van der Waals surface area (Å²) in [5, 5.41) is 3.25. The Bertz CT molecular complexity index is 409. The lowest BCUT2D eigenvalue weighted by Crippen LogP contribution is -2.54. The SMILES string of the molecule is CC1OCCC1C(=O)N1CCCC1C(=O)N1CCNCC1. The molecule has 0 saturated carbocycles. The molecule has 3 atom stereocenters. The molecule has 3 heterocycles. The molecule has 0 aliphatic carbocycles. The van der Waals surface area contributed by atoms with Crippen LogP contribution in [0, 0.1) is 5.92 Å². The number of piperazine rings is 1. The molecule has 0 bridgehead atoms. The number of amides is 2. The van der Waals surface area contributed by atoms with Crippen LogP contribution >= 0.6 is 0 Å². The second-order valence-electron chi connectivity index (χ2n) is 6.24. The number of nitrogens with zero attached hydrogens (tertiary/aromatic N) is 2. The number of nitrogens with one attached hydrogen (secondary N) is 1. The second kappa shape index (κ2) is 6.32. The van der Waals surface area contributed by atoms with E-state index in [0.717, 1.165) is 45.4 Å². The highest BCUT2D eigenvalue weighted by atomic mass is 16.5. The van der Waals surface area contributed by atoms with E-state index in [4.69, 9.17) is 4.74 Å². The van der Waals surface area contributed by atoms with E-state index in [0.29, 0.717) is 13.2 Å². The third kappa shape index (κ3) is 2.92. The molecule has 3 fully saturated rings. The number of likely N-dealkylation sites (tertiary alicyclic amines) is 1. The van der Waals surface area contributed by atoms with Crippen molar-refractivity contribution in [3.8, 4) is 0 Å². The van der Waals surface area contributed by atoms with Crippen molar-refractivity contribution >= 4 is 11.8 Å². The maximum atomic E-state index is 12.7. The van der Waals surface area contributed by atoms with Gasteiger partial charge in [-0.05, 0) is 26.2 Å². The van der Waals surface area contributed by atoms with Gasteiger partial charge < -0.3 is 19.9 Å². The standard InChI is InChI=1S/C15H25N3O3/c1-11-12(4-10-21-11)14(19)18-7-2-3-13(18)15(20)17-8-5-16-6-9-17/h11-13,16H,2-10H2,1H3. The number of hydrogen-bond donors (Lipinski definition) is 1. The highest BCUT2D eigenvalue weighted by Crippen LogP contribution is 2.28. The molecular formula is C15H25N3O3. The van der Waals surface area contributed by atoms with Crippen LogP contribution < -0.4 is 5.32 Å². The zero-order valence-electron chi connectivity index (χ0n) is 12.7.